The third kappa shape index (κ3) is 1.95. The Balaban J connectivity index is 1.77. The molecule has 4 nitrogen and oxygen atoms in total. The van der Waals surface area contributed by atoms with Gasteiger partial charge in [-0.3, -0.25) is 14.4 Å². The Labute approximate surface area is 148 Å². The number of allylic oxidation sites excluding steroid dienone is 4. The van der Waals surface area contributed by atoms with Gasteiger partial charge in [0.15, 0.2) is 11.6 Å². The van der Waals surface area contributed by atoms with Crippen molar-refractivity contribution in [3.8, 4) is 0 Å². The van der Waals surface area contributed by atoms with E-state index in [9.17, 15) is 19.5 Å². The molecule has 134 valence electrons. The van der Waals surface area contributed by atoms with E-state index >= 15 is 0 Å². The first-order chi connectivity index (χ1) is 11.6. The van der Waals surface area contributed by atoms with Gasteiger partial charge in [0.2, 0.25) is 0 Å². The monoisotopic (exact) mass is 342 g/mol. The van der Waals surface area contributed by atoms with E-state index in [4.69, 9.17) is 0 Å². The quantitative estimate of drug-likeness (QED) is 0.795. The molecule has 4 rings (SSSR count). The van der Waals surface area contributed by atoms with Crippen molar-refractivity contribution in [2.75, 3.05) is 0 Å². The summed E-state index contributed by atoms with van der Waals surface area (Å²) < 4.78 is 0. The molecule has 3 fully saturated rings. The standard InChI is InChI=1S/C21H26O4/c1-12(22)21(25)9-6-16-18-15(5-8-20(16,21)3)19(2)7-4-14(23)10-13(19)11-17(18)24/h4,7,10,15-16,18,25H,5-6,8-9,11H2,1-3H3/t15-,16-,18+,19-,20-,21-/m0/s1. The number of aliphatic hydroxyl groups is 1. The Bertz CT molecular complexity index is 747. The fourth-order valence-corrected chi connectivity index (χ4v) is 6.50. The first-order valence-corrected chi connectivity index (χ1v) is 9.34. The SMILES string of the molecule is CC(=O)[C@@]1(O)CC[C@H]2[C@@H]3C(=O)CC4=CC(=O)C=C[C@]4(C)[C@H]3CC[C@@]21C. The number of hydrogen-bond acceptors (Lipinski definition) is 4. The van der Waals surface area contributed by atoms with E-state index < -0.39 is 11.0 Å². The Morgan fingerprint density at radius 3 is 2.52 bits per heavy atom. The van der Waals surface area contributed by atoms with Crippen LogP contribution in [0.2, 0.25) is 0 Å². The molecule has 4 aliphatic carbocycles. The lowest BCUT2D eigenvalue weighted by Gasteiger charge is -2.56. The molecule has 0 aliphatic heterocycles. The molecule has 0 amide bonds. The van der Waals surface area contributed by atoms with Gasteiger partial charge in [0, 0.05) is 23.2 Å². The minimum Gasteiger partial charge on any atom is -0.382 e. The van der Waals surface area contributed by atoms with Gasteiger partial charge in [0.25, 0.3) is 0 Å². The largest absolute Gasteiger partial charge is 0.382 e. The maximum absolute atomic E-state index is 13.1. The van der Waals surface area contributed by atoms with Crippen LogP contribution in [0.5, 0.6) is 0 Å². The Morgan fingerprint density at radius 2 is 1.84 bits per heavy atom. The topological polar surface area (TPSA) is 71.4 Å². The molecule has 0 aromatic carbocycles. The van der Waals surface area contributed by atoms with Gasteiger partial charge in [-0.1, -0.05) is 19.9 Å². The summed E-state index contributed by atoms with van der Waals surface area (Å²) in [4.78, 5) is 37.0. The van der Waals surface area contributed by atoms with Crippen LogP contribution in [0, 0.1) is 28.6 Å². The maximum Gasteiger partial charge on any atom is 0.178 e. The van der Waals surface area contributed by atoms with Crippen LogP contribution in [0.1, 0.15) is 52.9 Å². The van der Waals surface area contributed by atoms with Crippen molar-refractivity contribution in [2.24, 2.45) is 28.6 Å². The summed E-state index contributed by atoms with van der Waals surface area (Å²) in [7, 11) is 0. The van der Waals surface area contributed by atoms with Crippen LogP contribution >= 0.6 is 0 Å². The minimum atomic E-state index is -1.31. The molecular weight excluding hydrogens is 316 g/mol. The molecule has 0 saturated heterocycles. The third-order valence-electron chi connectivity index (χ3n) is 8.11. The minimum absolute atomic E-state index is 0.0359. The van der Waals surface area contributed by atoms with Crippen molar-refractivity contribution >= 4 is 17.3 Å². The number of carbonyl (C=O) groups excluding carboxylic acids is 3. The Hall–Kier alpha value is -1.55. The van der Waals surface area contributed by atoms with E-state index in [0.29, 0.717) is 12.8 Å². The predicted molar refractivity (Wildman–Crippen MR) is 92.6 cm³/mol. The molecule has 25 heavy (non-hydrogen) atoms. The molecule has 0 bridgehead atoms. The number of hydrogen-bond donors (Lipinski definition) is 1. The van der Waals surface area contributed by atoms with Gasteiger partial charge in [-0.05, 0) is 62.2 Å². The summed E-state index contributed by atoms with van der Waals surface area (Å²) in [6.45, 7) is 5.62. The Kier molecular flexibility index (Phi) is 3.38. The highest BCUT2D eigenvalue weighted by Crippen LogP contribution is 2.66. The summed E-state index contributed by atoms with van der Waals surface area (Å²) in [6.07, 6.45) is 8.29. The van der Waals surface area contributed by atoms with Gasteiger partial charge in [0.05, 0.1) is 0 Å². The van der Waals surface area contributed by atoms with Crippen molar-refractivity contribution in [3.63, 3.8) is 0 Å². The highest BCUT2D eigenvalue weighted by atomic mass is 16.3. The number of carbonyl (C=O) groups is 3. The third-order valence-corrected chi connectivity index (χ3v) is 8.11. The smallest absolute Gasteiger partial charge is 0.178 e. The van der Waals surface area contributed by atoms with Gasteiger partial charge >= 0.3 is 0 Å². The van der Waals surface area contributed by atoms with Crippen molar-refractivity contribution in [3.05, 3.63) is 23.8 Å². The van der Waals surface area contributed by atoms with Crippen molar-refractivity contribution < 1.29 is 19.5 Å². The normalized spacial score (nSPS) is 48.5. The zero-order valence-electron chi connectivity index (χ0n) is 15.2. The molecule has 0 spiro atoms. The van der Waals surface area contributed by atoms with Crippen LogP contribution in [0.25, 0.3) is 0 Å². The first kappa shape index (κ1) is 16.9. The lowest BCUT2D eigenvalue weighted by molar-refractivity contribution is -0.162. The van der Waals surface area contributed by atoms with Crippen molar-refractivity contribution in [1.29, 1.82) is 0 Å². The van der Waals surface area contributed by atoms with E-state index in [1.165, 1.54) is 6.92 Å². The van der Waals surface area contributed by atoms with Crippen LogP contribution in [-0.2, 0) is 14.4 Å². The molecule has 0 aromatic rings. The molecule has 1 N–H and O–H groups in total. The van der Waals surface area contributed by atoms with Gasteiger partial charge in [-0.25, -0.2) is 0 Å². The number of rotatable bonds is 1. The maximum atomic E-state index is 13.1. The highest BCUT2D eigenvalue weighted by Gasteiger charge is 2.66. The lowest BCUT2D eigenvalue weighted by atomic mass is 9.47. The number of Topliss-reactive ketones (excluding diaryl/α,β-unsaturated/α-hetero) is 2. The average Bonchev–Trinajstić information content (AvgIpc) is 2.82. The molecule has 3 saturated carbocycles. The second kappa shape index (κ2) is 5.00. The molecular formula is C21H26O4. The summed E-state index contributed by atoms with van der Waals surface area (Å²) in [6, 6.07) is 0. The number of fused-ring (bicyclic) bond motifs is 5. The van der Waals surface area contributed by atoms with Gasteiger partial charge in [-0.15, -0.1) is 0 Å². The molecule has 4 heteroatoms. The van der Waals surface area contributed by atoms with Crippen molar-refractivity contribution in [2.45, 2.75) is 58.5 Å². The van der Waals surface area contributed by atoms with Gasteiger partial charge in [0.1, 0.15) is 11.4 Å². The zero-order valence-corrected chi connectivity index (χ0v) is 15.2. The van der Waals surface area contributed by atoms with E-state index in [1.807, 2.05) is 13.0 Å². The van der Waals surface area contributed by atoms with Gasteiger partial charge < -0.3 is 5.11 Å². The first-order valence-electron chi connectivity index (χ1n) is 9.34. The zero-order chi connectivity index (χ0) is 18.2. The van der Waals surface area contributed by atoms with Crippen LogP contribution < -0.4 is 0 Å². The van der Waals surface area contributed by atoms with Gasteiger partial charge in [-0.2, -0.15) is 0 Å². The second-order valence-electron chi connectivity index (χ2n) is 8.98. The van der Waals surface area contributed by atoms with Crippen LogP contribution in [0.3, 0.4) is 0 Å². The molecule has 0 unspecified atom stereocenters. The summed E-state index contributed by atoms with van der Waals surface area (Å²) in [5.74, 6) is 0.0295. The fraction of sp³-hybridized carbons (Fsp3) is 0.667. The second-order valence-corrected chi connectivity index (χ2v) is 8.98. The molecule has 0 radical (unpaired) electrons. The van der Waals surface area contributed by atoms with Crippen LogP contribution in [-0.4, -0.2) is 28.1 Å². The van der Waals surface area contributed by atoms with Crippen LogP contribution in [0.15, 0.2) is 23.8 Å². The van der Waals surface area contributed by atoms with E-state index in [-0.39, 0.29) is 40.5 Å². The molecule has 6 atom stereocenters. The van der Waals surface area contributed by atoms with E-state index in [1.54, 1.807) is 12.2 Å². The predicted octanol–water partition coefficient (Wildman–Crippen LogP) is 2.79. The van der Waals surface area contributed by atoms with Crippen LogP contribution in [0.4, 0.5) is 0 Å². The molecule has 4 aliphatic rings. The van der Waals surface area contributed by atoms with Crippen molar-refractivity contribution in [1.82, 2.24) is 0 Å². The van der Waals surface area contributed by atoms with E-state index in [0.717, 1.165) is 24.8 Å². The Morgan fingerprint density at radius 1 is 1.16 bits per heavy atom. The number of ketones is 3. The summed E-state index contributed by atoms with van der Waals surface area (Å²) in [5.41, 5.74) is -1.15. The summed E-state index contributed by atoms with van der Waals surface area (Å²) >= 11 is 0. The lowest BCUT2D eigenvalue weighted by Crippen LogP contribution is -2.58. The molecule has 0 heterocycles. The fourth-order valence-electron chi connectivity index (χ4n) is 6.50. The highest BCUT2D eigenvalue weighted by molar-refractivity contribution is 6.02. The molecule has 0 aromatic heterocycles. The van der Waals surface area contributed by atoms with E-state index in [2.05, 4.69) is 6.92 Å². The average molecular weight is 342 g/mol. The summed E-state index contributed by atoms with van der Waals surface area (Å²) in [5, 5.41) is 11.1.